The molecule has 0 saturated heterocycles. The predicted octanol–water partition coefficient (Wildman–Crippen LogP) is -0.429. The van der Waals surface area contributed by atoms with E-state index in [0.717, 1.165) is 11.3 Å². The Kier molecular flexibility index (Phi) is 6.71. The number of hydrogen-bond donors (Lipinski definition) is 0. The third kappa shape index (κ3) is 6.07. The first-order chi connectivity index (χ1) is 9.03. The fourth-order valence-electron chi connectivity index (χ4n) is 1.59. The molecular weight excluding hydrogens is 287 g/mol. The summed E-state index contributed by atoms with van der Waals surface area (Å²) >= 11 is 0. The average Bonchev–Trinajstić information content (AvgIpc) is 2.38. The minimum absolute atomic E-state index is 0. The molecule has 0 atom stereocenters. The summed E-state index contributed by atoms with van der Waals surface area (Å²) < 4.78 is 37.2. The molecule has 0 saturated carbocycles. The van der Waals surface area contributed by atoms with Crippen molar-refractivity contribution in [3.8, 4) is 11.5 Å². The Morgan fingerprint density at radius 3 is 2.00 bits per heavy atom. The Labute approximate surface area is 140 Å². The molecule has 4 nitrogen and oxygen atoms in total. The van der Waals surface area contributed by atoms with Crippen LogP contribution in [0.3, 0.4) is 0 Å². The smallest absolute Gasteiger partial charge is 0.748 e. The van der Waals surface area contributed by atoms with Crippen LogP contribution >= 0.6 is 0 Å². The van der Waals surface area contributed by atoms with Crippen LogP contribution < -0.4 is 34.3 Å². The van der Waals surface area contributed by atoms with Gasteiger partial charge in [0.25, 0.3) is 0 Å². The van der Waals surface area contributed by atoms with E-state index in [1.54, 1.807) is 24.3 Å². The van der Waals surface area contributed by atoms with E-state index in [2.05, 4.69) is 0 Å². The summed E-state index contributed by atoms with van der Waals surface area (Å²) in [5.74, 6) is 1.02. The fraction of sp³-hybridized carbons (Fsp3) is 0.143. The minimum Gasteiger partial charge on any atom is -0.748 e. The van der Waals surface area contributed by atoms with Gasteiger partial charge >= 0.3 is 29.6 Å². The fourth-order valence-corrected chi connectivity index (χ4v) is 2.08. The van der Waals surface area contributed by atoms with E-state index in [1.807, 2.05) is 30.3 Å². The molecule has 0 aliphatic carbocycles. The van der Waals surface area contributed by atoms with Gasteiger partial charge in [0.2, 0.25) is 0 Å². The molecule has 0 bridgehead atoms. The monoisotopic (exact) mass is 300 g/mol. The van der Waals surface area contributed by atoms with E-state index in [4.69, 9.17) is 4.74 Å². The van der Waals surface area contributed by atoms with Crippen LogP contribution in [0.15, 0.2) is 54.6 Å². The average molecular weight is 300 g/mol. The molecule has 100 valence electrons. The van der Waals surface area contributed by atoms with Crippen molar-refractivity contribution in [2.75, 3.05) is 5.75 Å². The summed E-state index contributed by atoms with van der Waals surface area (Å²) in [5, 5.41) is 0. The van der Waals surface area contributed by atoms with E-state index in [9.17, 15) is 13.0 Å². The largest absolute Gasteiger partial charge is 1.00 e. The van der Waals surface area contributed by atoms with Gasteiger partial charge in [-0.3, -0.25) is 0 Å². The van der Waals surface area contributed by atoms with Crippen molar-refractivity contribution in [3.63, 3.8) is 0 Å². The molecule has 2 rings (SSSR count). The van der Waals surface area contributed by atoms with Crippen molar-refractivity contribution < 1.29 is 47.3 Å². The van der Waals surface area contributed by atoms with Gasteiger partial charge in [-0.15, -0.1) is 0 Å². The van der Waals surface area contributed by atoms with Crippen molar-refractivity contribution in [1.82, 2.24) is 0 Å². The molecule has 2 aromatic rings. The second-order valence-electron chi connectivity index (χ2n) is 4.07. The summed E-state index contributed by atoms with van der Waals surface area (Å²) in [6, 6.07) is 16.4. The van der Waals surface area contributed by atoms with Crippen LogP contribution in [-0.2, 0) is 16.5 Å². The second kappa shape index (κ2) is 7.81. The molecule has 20 heavy (non-hydrogen) atoms. The second-order valence-corrected chi connectivity index (χ2v) is 5.59. The molecule has 0 N–H and O–H groups in total. The Hall–Kier alpha value is -0.850. The van der Waals surface area contributed by atoms with Crippen LogP contribution in [0.5, 0.6) is 11.5 Å². The van der Waals surface area contributed by atoms with Crippen LogP contribution in [-0.4, -0.2) is 18.7 Å². The van der Waals surface area contributed by atoms with Gasteiger partial charge in [0.05, 0.1) is 10.1 Å². The first-order valence-corrected chi connectivity index (χ1v) is 7.36. The van der Waals surface area contributed by atoms with E-state index in [-0.39, 0.29) is 41.7 Å². The molecule has 0 radical (unpaired) electrons. The molecule has 0 amide bonds. The molecular formula is C14H13NaO4S. The third-order valence-electron chi connectivity index (χ3n) is 2.54. The number of aryl methyl sites for hydroxylation is 1. The Bertz CT molecular complexity index is 624. The summed E-state index contributed by atoms with van der Waals surface area (Å²) in [4.78, 5) is 0. The summed E-state index contributed by atoms with van der Waals surface area (Å²) in [5.41, 5.74) is 0.792. The van der Waals surface area contributed by atoms with Crippen molar-refractivity contribution >= 4 is 10.1 Å². The van der Waals surface area contributed by atoms with Crippen molar-refractivity contribution in [3.05, 3.63) is 60.2 Å². The normalized spacial score (nSPS) is 10.7. The van der Waals surface area contributed by atoms with Gasteiger partial charge in [-0.25, -0.2) is 8.42 Å². The van der Waals surface area contributed by atoms with Crippen LogP contribution in [0.1, 0.15) is 5.56 Å². The molecule has 0 aliphatic heterocycles. The first-order valence-electron chi connectivity index (χ1n) is 5.78. The number of benzene rings is 2. The van der Waals surface area contributed by atoms with E-state index >= 15 is 0 Å². The number of para-hydroxylation sites is 1. The summed E-state index contributed by atoms with van der Waals surface area (Å²) in [6.45, 7) is 0. The first kappa shape index (κ1) is 17.2. The summed E-state index contributed by atoms with van der Waals surface area (Å²) in [7, 11) is -4.16. The van der Waals surface area contributed by atoms with Crippen molar-refractivity contribution in [2.45, 2.75) is 6.42 Å². The zero-order valence-electron chi connectivity index (χ0n) is 11.2. The van der Waals surface area contributed by atoms with Gasteiger partial charge < -0.3 is 9.29 Å². The number of ether oxygens (including phenoxy) is 1. The molecule has 6 heteroatoms. The quantitative estimate of drug-likeness (QED) is 0.555. The van der Waals surface area contributed by atoms with Crippen LogP contribution in [0, 0.1) is 0 Å². The number of hydrogen-bond acceptors (Lipinski definition) is 4. The minimum atomic E-state index is -4.16. The van der Waals surface area contributed by atoms with Crippen LogP contribution in [0.25, 0.3) is 0 Å². The zero-order chi connectivity index (χ0) is 13.7. The zero-order valence-corrected chi connectivity index (χ0v) is 14.0. The van der Waals surface area contributed by atoms with Gasteiger partial charge in [-0.2, -0.15) is 0 Å². The van der Waals surface area contributed by atoms with E-state index in [1.165, 1.54) is 0 Å². The van der Waals surface area contributed by atoms with Crippen molar-refractivity contribution in [1.29, 1.82) is 0 Å². The van der Waals surface area contributed by atoms with Crippen LogP contribution in [0.2, 0.25) is 0 Å². The summed E-state index contributed by atoms with van der Waals surface area (Å²) in [6.07, 6.45) is 0.220. The third-order valence-corrected chi connectivity index (χ3v) is 3.25. The van der Waals surface area contributed by atoms with Crippen LogP contribution in [0.4, 0.5) is 0 Å². The van der Waals surface area contributed by atoms with Gasteiger partial charge in [-0.1, -0.05) is 30.3 Å². The Morgan fingerprint density at radius 1 is 0.900 bits per heavy atom. The molecule has 0 unspecified atom stereocenters. The maximum Gasteiger partial charge on any atom is 1.00 e. The van der Waals surface area contributed by atoms with E-state index < -0.39 is 10.1 Å². The predicted molar refractivity (Wildman–Crippen MR) is 71.2 cm³/mol. The molecule has 0 aromatic heterocycles. The standard InChI is InChI=1S/C14H14O4S.Na/c15-19(16,17)11-10-12-6-8-14(9-7-12)18-13-4-2-1-3-5-13;/h1-9H,10-11H2,(H,15,16,17);/q;+1/p-1. The Balaban J connectivity index is 0.00000200. The van der Waals surface area contributed by atoms with Gasteiger partial charge in [-0.05, 0) is 36.2 Å². The molecule has 0 heterocycles. The van der Waals surface area contributed by atoms with Crippen molar-refractivity contribution in [2.24, 2.45) is 0 Å². The SMILES string of the molecule is O=S(=O)([O-])CCc1ccc(Oc2ccccc2)cc1.[Na+]. The van der Waals surface area contributed by atoms with Gasteiger partial charge in [0.1, 0.15) is 11.5 Å². The molecule has 0 spiro atoms. The molecule has 2 aromatic carbocycles. The topological polar surface area (TPSA) is 66.4 Å². The maximum atomic E-state index is 10.5. The van der Waals surface area contributed by atoms with Gasteiger partial charge in [0.15, 0.2) is 0 Å². The molecule has 0 aliphatic rings. The van der Waals surface area contributed by atoms with E-state index in [0.29, 0.717) is 5.75 Å². The maximum absolute atomic E-state index is 10.5. The van der Waals surface area contributed by atoms with Gasteiger partial charge in [0, 0.05) is 5.75 Å². The Morgan fingerprint density at radius 2 is 1.45 bits per heavy atom. The number of rotatable bonds is 5. The molecule has 0 fully saturated rings.